The van der Waals surface area contributed by atoms with Crippen molar-refractivity contribution in [2.75, 3.05) is 10.6 Å². The van der Waals surface area contributed by atoms with Gasteiger partial charge in [-0.25, -0.2) is 4.98 Å². The Hall–Kier alpha value is -3.73. The average Bonchev–Trinajstić information content (AvgIpc) is 3.40. The Morgan fingerprint density at radius 3 is 2.73 bits per heavy atom. The van der Waals surface area contributed by atoms with Crippen LogP contribution in [0.3, 0.4) is 0 Å². The largest absolute Gasteiger partial charge is 0.367 e. The molecule has 0 saturated heterocycles. The van der Waals surface area contributed by atoms with Crippen molar-refractivity contribution >= 4 is 29.5 Å². The maximum absolute atomic E-state index is 12.4. The Bertz CT molecular complexity index is 1050. The van der Waals surface area contributed by atoms with Gasteiger partial charge in [0.1, 0.15) is 17.7 Å². The Labute approximate surface area is 148 Å². The second-order valence-electron chi connectivity index (χ2n) is 5.99. The van der Waals surface area contributed by atoms with Crippen LogP contribution in [-0.2, 0) is 0 Å². The molecule has 0 unspecified atom stereocenters. The van der Waals surface area contributed by atoms with Gasteiger partial charge in [0.05, 0.1) is 5.56 Å². The van der Waals surface area contributed by atoms with E-state index in [-0.39, 0.29) is 28.6 Å². The summed E-state index contributed by atoms with van der Waals surface area (Å²) < 4.78 is 1.43. The number of aldehydes is 1. The number of nitriles is 1. The quantitative estimate of drug-likeness (QED) is 0.685. The van der Waals surface area contributed by atoms with Gasteiger partial charge in [0.25, 0.3) is 5.91 Å². The number of nitrogens with zero attached hydrogens (tertiary/aromatic N) is 4. The molecule has 0 atom stereocenters. The molecule has 1 aliphatic rings. The van der Waals surface area contributed by atoms with Crippen molar-refractivity contribution in [3.05, 3.63) is 53.2 Å². The van der Waals surface area contributed by atoms with Gasteiger partial charge < -0.3 is 10.6 Å². The molecule has 3 aromatic rings. The van der Waals surface area contributed by atoms with Crippen molar-refractivity contribution in [1.82, 2.24) is 14.6 Å². The molecule has 8 heteroatoms. The lowest BCUT2D eigenvalue weighted by Crippen LogP contribution is -2.15. The zero-order chi connectivity index (χ0) is 18.1. The third-order valence-corrected chi connectivity index (χ3v) is 4.06. The van der Waals surface area contributed by atoms with Crippen LogP contribution in [0.1, 0.15) is 39.3 Å². The monoisotopic (exact) mass is 346 g/mol. The van der Waals surface area contributed by atoms with Gasteiger partial charge in [-0.1, -0.05) is 18.2 Å². The number of fused-ring (bicyclic) bond motifs is 1. The van der Waals surface area contributed by atoms with E-state index in [9.17, 15) is 14.9 Å². The first-order valence-corrected chi connectivity index (χ1v) is 8.11. The topological polar surface area (TPSA) is 112 Å². The molecule has 1 amide bonds. The molecule has 0 bridgehead atoms. The molecule has 1 saturated carbocycles. The Morgan fingerprint density at radius 1 is 1.31 bits per heavy atom. The lowest BCUT2D eigenvalue weighted by Gasteiger charge is -2.10. The standard InChI is InChI=1S/C18H14N6O2/c19-9-14-13(10-25)17-21-15(22-18(26)11-4-2-1-3-5-11)8-16(24(17)23-14)20-12-6-7-12/h1-5,8,10,12,20H,6-7H2,(H,21,22,26). The van der Waals surface area contributed by atoms with Gasteiger partial charge in [-0.05, 0) is 25.0 Å². The summed E-state index contributed by atoms with van der Waals surface area (Å²) >= 11 is 0. The van der Waals surface area contributed by atoms with Crippen LogP contribution in [0.4, 0.5) is 11.6 Å². The molecule has 2 N–H and O–H groups in total. The first-order chi connectivity index (χ1) is 12.7. The predicted molar refractivity (Wildman–Crippen MR) is 94.1 cm³/mol. The van der Waals surface area contributed by atoms with Crippen molar-refractivity contribution in [3.8, 4) is 6.07 Å². The Kier molecular flexibility index (Phi) is 3.82. The fourth-order valence-electron chi connectivity index (χ4n) is 2.61. The van der Waals surface area contributed by atoms with Crippen LogP contribution in [0.15, 0.2) is 36.4 Å². The third kappa shape index (κ3) is 2.86. The maximum atomic E-state index is 12.4. The van der Waals surface area contributed by atoms with Crippen molar-refractivity contribution in [2.45, 2.75) is 18.9 Å². The molecule has 2 aromatic heterocycles. The lowest BCUT2D eigenvalue weighted by atomic mass is 10.2. The van der Waals surface area contributed by atoms with Crippen LogP contribution in [0.5, 0.6) is 0 Å². The second-order valence-corrected chi connectivity index (χ2v) is 5.99. The fourth-order valence-corrected chi connectivity index (χ4v) is 2.61. The minimum atomic E-state index is -0.313. The summed E-state index contributed by atoms with van der Waals surface area (Å²) in [5.74, 6) is 0.542. The number of amides is 1. The highest BCUT2D eigenvalue weighted by atomic mass is 16.1. The Balaban J connectivity index is 1.78. The number of hydrogen-bond donors (Lipinski definition) is 2. The van der Waals surface area contributed by atoms with E-state index >= 15 is 0 Å². The molecular weight excluding hydrogens is 332 g/mol. The summed E-state index contributed by atoms with van der Waals surface area (Å²) in [6.45, 7) is 0. The van der Waals surface area contributed by atoms with Crippen molar-refractivity contribution in [3.63, 3.8) is 0 Å². The fraction of sp³-hybridized carbons (Fsp3) is 0.167. The Morgan fingerprint density at radius 2 is 2.08 bits per heavy atom. The number of benzene rings is 1. The molecule has 128 valence electrons. The predicted octanol–water partition coefficient (Wildman–Crippen LogP) is 2.24. The summed E-state index contributed by atoms with van der Waals surface area (Å²) in [4.78, 5) is 28.1. The summed E-state index contributed by atoms with van der Waals surface area (Å²) in [7, 11) is 0. The summed E-state index contributed by atoms with van der Waals surface area (Å²) in [5.41, 5.74) is 0.818. The van der Waals surface area contributed by atoms with Crippen LogP contribution in [-0.4, -0.2) is 32.8 Å². The molecular formula is C18H14N6O2. The van der Waals surface area contributed by atoms with E-state index in [0.29, 0.717) is 23.7 Å². The molecule has 0 spiro atoms. The van der Waals surface area contributed by atoms with Gasteiger partial charge in [0, 0.05) is 17.7 Å². The van der Waals surface area contributed by atoms with E-state index in [0.717, 1.165) is 12.8 Å². The molecule has 0 radical (unpaired) electrons. The summed E-state index contributed by atoms with van der Waals surface area (Å²) in [6.07, 6.45) is 2.61. The highest BCUT2D eigenvalue weighted by Gasteiger charge is 2.24. The molecule has 1 aliphatic carbocycles. The summed E-state index contributed by atoms with van der Waals surface area (Å²) in [6, 6.07) is 12.6. The number of carbonyl (C=O) groups excluding carboxylic acids is 2. The van der Waals surface area contributed by atoms with E-state index in [4.69, 9.17) is 0 Å². The number of hydrogen-bond acceptors (Lipinski definition) is 6. The highest BCUT2D eigenvalue weighted by molar-refractivity contribution is 6.04. The molecule has 26 heavy (non-hydrogen) atoms. The van der Waals surface area contributed by atoms with E-state index in [1.54, 1.807) is 30.3 Å². The van der Waals surface area contributed by atoms with Gasteiger partial charge in [0.15, 0.2) is 17.6 Å². The number of aromatic nitrogens is 3. The van der Waals surface area contributed by atoms with Gasteiger partial charge in [-0.3, -0.25) is 9.59 Å². The highest BCUT2D eigenvalue weighted by Crippen LogP contribution is 2.27. The van der Waals surface area contributed by atoms with Gasteiger partial charge >= 0.3 is 0 Å². The van der Waals surface area contributed by atoms with Gasteiger partial charge in [-0.2, -0.15) is 14.9 Å². The first kappa shape index (κ1) is 15.8. The van der Waals surface area contributed by atoms with Gasteiger partial charge in [-0.15, -0.1) is 0 Å². The minimum absolute atomic E-state index is 0.00196. The minimum Gasteiger partial charge on any atom is -0.367 e. The van der Waals surface area contributed by atoms with E-state index in [2.05, 4.69) is 20.7 Å². The van der Waals surface area contributed by atoms with Crippen molar-refractivity contribution < 1.29 is 9.59 Å². The van der Waals surface area contributed by atoms with E-state index in [1.807, 2.05) is 12.1 Å². The van der Waals surface area contributed by atoms with Crippen LogP contribution < -0.4 is 10.6 Å². The molecule has 2 heterocycles. The number of anilines is 2. The number of rotatable bonds is 5. The van der Waals surface area contributed by atoms with Crippen molar-refractivity contribution in [1.29, 1.82) is 5.26 Å². The third-order valence-electron chi connectivity index (χ3n) is 4.06. The van der Waals surface area contributed by atoms with Crippen LogP contribution in [0.2, 0.25) is 0 Å². The van der Waals surface area contributed by atoms with Crippen LogP contribution in [0.25, 0.3) is 5.65 Å². The van der Waals surface area contributed by atoms with E-state index < -0.39 is 0 Å². The molecule has 1 fully saturated rings. The maximum Gasteiger partial charge on any atom is 0.256 e. The molecule has 4 rings (SSSR count). The normalized spacial score (nSPS) is 13.2. The average molecular weight is 346 g/mol. The molecule has 8 nitrogen and oxygen atoms in total. The van der Waals surface area contributed by atoms with Gasteiger partial charge in [0.2, 0.25) is 0 Å². The van der Waals surface area contributed by atoms with Crippen molar-refractivity contribution in [2.24, 2.45) is 0 Å². The number of carbonyl (C=O) groups is 2. The lowest BCUT2D eigenvalue weighted by molar-refractivity contribution is 0.102. The second kappa shape index (κ2) is 6.29. The SMILES string of the molecule is N#Cc1nn2c(NC3CC3)cc(NC(=O)c3ccccc3)nc2c1C=O. The van der Waals surface area contributed by atoms with Crippen LogP contribution >= 0.6 is 0 Å². The number of nitrogens with one attached hydrogen (secondary N) is 2. The zero-order valence-corrected chi connectivity index (χ0v) is 13.6. The molecule has 0 aliphatic heterocycles. The van der Waals surface area contributed by atoms with E-state index in [1.165, 1.54) is 4.52 Å². The zero-order valence-electron chi connectivity index (χ0n) is 13.6. The molecule has 1 aromatic carbocycles. The first-order valence-electron chi connectivity index (χ1n) is 8.11. The smallest absolute Gasteiger partial charge is 0.256 e. The van der Waals surface area contributed by atoms with Crippen LogP contribution in [0, 0.1) is 11.3 Å². The summed E-state index contributed by atoms with van der Waals surface area (Å²) in [5, 5.41) is 19.4.